The summed E-state index contributed by atoms with van der Waals surface area (Å²) in [5, 5.41) is 9.38. The third kappa shape index (κ3) is 4.59. The molecule has 0 bridgehead atoms. The lowest BCUT2D eigenvalue weighted by Gasteiger charge is -2.48. The number of methoxy groups -OCH3 is 2. The van der Waals surface area contributed by atoms with Gasteiger partial charge < -0.3 is 24.2 Å². The van der Waals surface area contributed by atoms with Gasteiger partial charge in [0.2, 0.25) is 5.91 Å². The third-order valence-corrected chi connectivity index (χ3v) is 6.30. The monoisotopic (exact) mass is 445 g/mol. The van der Waals surface area contributed by atoms with Crippen LogP contribution in [0.15, 0.2) is 30.0 Å². The van der Waals surface area contributed by atoms with E-state index in [4.69, 9.17) is 14.2 Å². The molecule has 1 heterocycles. The normalized spacial score (nSPS) is 22.6. The maximum absolute atomic E-state index is 13.3. The zero-order valence-electron chi connectivity index (χ0n) is 18.9. The summed E-state index contributed by atoms with van der Waals surface area (Å²) < 4.78 is 16.1. The van der Waals surface area contributed by atoms with E-state index in [1.54, 1.807) is 26.0 Å². The SMILES string of the molecule is CCOC(=O)[C@]12CCCC=C1N(CCc1ccc(OC)c(OC)c1)C(=O)[C@@H](CC(=O)O)C2. The zero-order chi connectivity index (χ0) is 23.3. The highest BCUT2D eigenvalue weighted by atomic mass is 16.5. The fourth-order valence-electron chi connectivity index (χ4n) is 4.83. The second-order valence-electron chi connectivity index (χ2n) is 8.21. The van der Waals surface area contributed by atoms with Crippen molar-refractivity contribution in [2.45, 2.75) is 45.4 Å². The average Bonchev–Trinajstić information content (AvgIpc) is 2.78. The Morgan fingerprint density at radius 1 is 1.22 bits per heavy atom. The second-order valence-corrected chi connectivity index (χ2v) is 8.21. The van der Waals surface area contributed by atoms with Crippen LogP contribution in [0.25, 0.3) is 0 Å². The van der Waals surface area contributed by atoms with Crippen molar-refractivity contribution in [1.82, 2.24) is 4.90 Å². The van der Waals surface area contributed by atoms with E-state index < -0.39 is 17.3 Å². The molecular weight excluding hydrogens is 414 g/mol. The number of piperidine rings is 1. The minimum atomic E-state index is -1.05. The van der Waals surface area contributed by atoms with Gasteiger partial charge in [-0.3, -0.25) is 14.4 Å². The van der Waals surface area contributed by atoms with Crippen molar-refractivity contribution in [3.05, 3.63) is 35.5 Å². The van der Waals surface area contributed by atoms with Crippen LogP contribution in [0.4, 0.5) is 0 Å². The molecule has 3 rings (SSSR count). The lowest BCUT2D eigenvalue weighted by Crippen LogP contribution is -2.54. The Morgan fingerprint density at radius 3 is 2.62 bits per heavy atom. The molecule has 0 saturated carbocycles. The van der Waals surface area contributed by atoms with E-state index >= 15 is 0 Å². The maximum Gasteiger partial charge on any atom is 0.318 e. The number of nitrogens with zero attached hydrogens (tertiary/aromatic N) is 1. The summed E-state index contributed by atoms with van der Waals surface area (Å²) in [5.74, 6) is -1.23. The summed E-state index contributed by atoms with van der Waals surface area (Å²) in [5.41, 5.74) is 0.628. The number of allylic oxidation sites excluding steroid dienone is 1. The molecule has 0 aromatic heterocycles. The number of carbonyl (C=O) groups is 3. The topological polar surface area (TPSA) is 102 Å². The molecule has 0 radical (unpaired) electrons. The van der Waals surface area contributed by atoms with Crippen molar-refractivity contribution in [2.24, 2.45) is 11.3 Å². The van der Waals surface area contributed by atoms with Gasteiger partial charge in [0.15, 0.2) is 11.5 Å². The lowest BCUT2D eigenvalue weighted by atomic mass is 9.66. The number of ether oxygens (including phenoxy) is 3. The van der Waals surface area contributed by atoms with Gasteiger partial charge in [0.25, 0.3) is 0 Å². The van der Waals surface area contributed by atoms with Gasteiger partial charge in [-0.1, -0.05) is 12.1 Å². The van der Waals surface area contributed by atoms with E-state index in [0.717, 1.165) is 18.4 Å². The first-order chi connectivity index (χ1) is 15.4. The second kappa shape index (κ2) is 10.1. The molecule has 8 nitrogen and oxygen atoms in total. The van der Waals surface area contributed by atoms with Gasteiger partial charge >= 0.3 is 11.9 Å². The van der Waals surface area contributed by atoms with Crippen molar-refractivity contribution in [3.8, 4) is 11.5 Å². The fourth-order valence-corrected chi connectivity index (χ4v) is 4.83. The molecule has 1 saturated heterocycles. The highest BCUT2D eigenvalue weighted by molar-refractivity contribution is 5.91. The van der Waals surface area contributed by atoms with E-state index in [9.17, 15) is 19.5 Å². The molecule has 0 unspecified atom stereocenters. The van der Waals surface area contributed by atoms with Crippen molar-refractivity contribution in [2.75, 3.05) is 27.4 Å². The minimum Gasteiger partial charge on any atom is -0.493 e. The quantitative estimate of drug-likeness (QED) is 0.583. The molecule has 1 fully saturated rings. The molecule has 1 amide bonds. The molecule has 1 aliphatic carbocycles. The van der Waals surface area contributed by atoms with Crippen molar-refractivity contribution in [1.29, 1.82) is 0 Å². The van der Waals surface area contributed by atoms with E-state index in [2.05, 4.69) is 0 Å². The van der Waals surface area contributed by atoms with E-state index in [-0.39, 0.29) is 31.3 Å². The Bertz CT molecular complexity index is 910. The van der Waals surface area contributed by atoms with Crippen LogP contribution in [-0.2, 0) is 25.5 Å². The number of fused-ring (bicyclic) bond motifs is 1. The van der Waals surface area contributed by atoms with Gasteiger partial charge in [0.05, 0.1) is 33.2 Å². The molecule has 2 aliphatic rings. The number of aliphatic carboxylic acids is 1. The van der Waals surface area contributed by atoms with Gasteiger partial charge in [-0.25, -0.2) is 0 Å². The van der Waals surface area contributed by atoms with Crippen molar-refractivity contribution >= 4 is 17.8 Å². The summed E-state index contributed by atoms with van der Waals surface area (Å²) in [6.45, 7) is 2.31. The number of benzene rings is 1. The lowest BCUT2D eigenvalue weighted by molar-refractivity contribution is -0.163. The molecule has 0 spiro atoms. The molecule has 2 atom stereocenters. The van der Waals surface area contributed by atoms with Crippen LogP contribution in [0.1, 0.15) is 44.6 Å². The van der Waals surface area contributed by atoms with E-state index in [0.29, 0.717) is 36.6 Å². The van der Waals surface area contributed by atoms with Crippen LogP contribution >= 0.6 is 0 Å². The first-order valence-electron chi connectivity index (χ1n) is 11.0. The smallest absolute Gasteiger partial charge is 0.318 e. The molecule has 1 N–H and O–H groups in total. The molecule has 8 heteroatoms. The Labute approximate surface area is 188 Å². The van der Waals surface area contributed by atoms with Gasteiger partial charge in [-0.15, -0.1) is 0 Å². The summed E-state index contributed by atoms with van der Waals surface area (Å²) >= 11 is 0. The number of likely N-dealkylation sites (tertiary alicyclic amines) is 1. The van der Waals surface area contributed by atoms with Gasteiger partial charge in [-0.05, 0) is 56.7 Å². The molecule has 1 aliphatic heterocycles. The minimum absolute atomic E-state index is 0.176. The maximum atomic E-state index is 13.3. The number of carboxylic acid groups (broad SMARTS) is 1. The predicted molar refractivity (Wildman–Crippen MR) is 116 cm³/mol. The molecular formula is C24H31NO7. The van der Waals surface area contributed by atoms with Crippen LogP contribution in [0.5, 0.6) is 11.5 Å². The highest BCUT2D eigenvalue weighted by Crippen LogP contribution is 2.50. The summed E-state index contributed by atoms with van der Waals surface area (Å²) in [6, 6.07) is 5.57. The number of carbonyl (C=O) groups excluding carboxylic acids is 2. The van der Waals surface area contributed by atoms with Crippen LogP contribution < -0.4 is 9.47 Å². The third-order valence-electron chi connectivity index (χ3n) is 6.30. The first-order valence-corrected chi connectivity index (χ1v) is 11.0. The summed E-state index contributed by atoms with van der Waals surface area (Å²) in [7, 11) is 3.13. The fraction of sp³-hybridized carbons (Fsp3) is 0.542. The Morgan fingerprint density at radius 2 is 1.97 bits per heavy atom. The van der Waals surface area contributed by atoms with Crippen molar-refractivity contribution < 1.29 is 33.7 Å². The number of amides is 1. The number of esters is 1. The van der Waals surface area contributed by atoms with Crippen LogP contribution in [0.2, 0.25) is 0 Å². The molecule has 174 valence electrons. The number of rotatable bonds is 9. The predicted octanol–water partition coefficient (Wildman–Crippen LogP) is 3.19. The Kier molecular flexibility index (Phi) is 7.43. The van der Waals surface area contributed by atoms with E-state index in [1.807, 2.05) is 24.3 Å². The van der Waals surface area contributed by atoms with Gasteiger partial charge in [0.1, 0.15) is 5.41 Å². The number of hydrogen-bond acceptors (Lipinski definition) is 6. The van der Waals surface area contributed by atoms with Gasteiger partial charge in [0, 0.05) is 12.2 Å². The first kappa shape index (κ1) is 23.6. The standard InChI is InChI=1S/C24H31NO7/c1-4-32-23(29)24-11-6-5-7-20(24)25(22(28)17(15-24)14-21(26)27)12-10-16-8-9-18(30-2)19(13-16)31-3/h7-9,13,17H,4-6,10-12,14-15H2,1-3H3,(H,26,27)/t17-,24-/m0/s1. The largest absolute Gasteiger partial charge is 0.493 e. The highest BCUT2D eigenvalue weighted by Gasteiger charge is 2.54. The van der Waals surface area contributed by atoms with Crippen molar-refractivity contribution in [3.63, 3.8) is 0 Å². The number of hydrogen-bond donors (Lipinski definition) is 1. The average molecular weight is 446 g/mol. The zero-order valence-corrected chi connectivity index (χ0v) is 18.9. The number of carboxylic acids is 1. The Balaban J connectivity index is 1.92. The molecule has 1 aromatic rings. The Hall–Kier alpha value is -3.03. The van der Waals surface area contributed by atoms with E-state index in [1.165, 1.54) is 0 Å². The molecule has 32 heavy (non-hydrogen) atoms. The summed E-state index contributed by atoms with van der Waals surface area (Å²) in [4.78, 5) is 39.5. The molecule has 1 aromatic carbocycles. The summed E-state index contributed by atoms with van der Waals surface area (Å²) in [6.07, 6.45) is 4.44. The van der Waals surface area contributed by atoms with Crippen LogP contribution in [0, 0.1) is 11.3 Å². The van der Waals surface area contributed by atoms with Crippen LogP contribution in [0.3, 0.4) is 0 Å². The van der Waals surface area contributed by atoms with Gasteiger partial charge in [-0.2, -0.15) is 0 Å². The van der Waals surface area contributed by atoms with Crippen LogP contribution in [-0.4, -0.2) is 55.2 Å².